The van der Waals surface area contributed by atoms with Gasteiger partial charge in [0.25, 0.3) is 11.5 Å². The molecule has 1 amide bonds. The fourth-order valence-corrected chi connectivity index (χ4v) is 1.75. The largest absolute Gasteiger partial charge is 0.494 e. The average molecular weight is 272 g/mol. The molecule has 0 atom stereocenters. The van der Waals surface area contributed by atoms with Gasteiger partial charge < -0.3 is 15.0 Å². The fraction of sp³-hybridized carbons (Fsp3) is 0.200. The van der Waals surface area contributed by atoms with Gasteiger partial charge in [0.15, 0.2) is 0 Å². The summed E-state index contributed by atoms with van der Waals surface area (Å²) in [4.78, 5) is 25.8. The molecule has 0 radical (unpaired) electrons. The number of ether oxygens (including phenoxy) is 1. The zero-order valence-electron chi connectivity index (χ0n) is 11.2. The van der Waals surface area contributed by atoms with E-state index in [4.69, 9.17) is 4.74 Å². The second kappa shape index (κ2) is 6.56. The minimum atomic E-state index is -0.392. The summed E-state index contributed by atoms with van der Waals surface area (Å²) in [5.74, 6) is 0.405. The van der Waals surface area contributed by atoms with E-state index in [2.05, 4.69) is 10.3 Å². The number of H-pyrrole nitrogens is 1. The molecule has 0 saturated heterocycles. The highest BCUT2D eigenvalue weighted by Gasteiger charge is 2.08. The van der Waals surface area contributed by atoms with Gasteiger partial charge in [-0.1, -0.05) is 12.1 Å². The summed E-state index contributed by atoms with van der Waals surface area (Å²) >= 11 is 0. The van der Waals surface area contributed by atoms with E-state index in [1.165, 1.54) is 12.3 Å². The molecule has 0 bridgehead atoms. The number of benzene rings is 1. The molecule has 20 heavy (non-hydrogen) atoms. The van der Waals surface area contributed by atoms with Crippen molar-refractivity contribution in [3.63, 3.8) is 0 Å². The van der Waals surface area contributed by atoms with E-state index in [-0.39, 0.29) is 11.5 Å². The van der Waals surface area contributed by atoms with Crippen LogP contribution in [0.25, 0.3) is 0 Å². The first-order chi connectivity index (χ1) is 9.70. The second-order valence-corrected chi connectivity index (χ2v) is 4.17. The average Bonchev–Trinajstić information content (AvgIpc) is 2.47. The van der Waals surface area contributed by atoms with E-state index >= 15 is 0 Å². The lowest BCUT2D eigenvalue weighted by atomic mass is 10.2. The van der Waals surface area contributed by atoms with Gasteiger partial charge in [-0.3, -0.25) is 9.59 Å². The molecular weight excluding hydrogens is 256 g/mol. The monoisotopic (exact) mass is 272 g/mol. The summed E-state index contributed by atoms with van der Waals surface area (Å²) in [5.41, 5.74) is 0.657. The van der Waals surface area contributed by atoms with Crippen LogP contribution < -0.4 is 15.6 Å². The van der Waals surface area contributed by atoms with Crippen molar-refractivity contribution in [2.75, 3.05) is 6.61 Å². The minimum absolute atomic E-state index is 0.110. The SMILES string of the molecule is CCOc1ccc(CNC(=O)c2ccc[nH]c2=O)cc1. The second-order valence-electron chi connectivity index (χ2n) is 4.17. The lowest BCUT2D eigenvalue weighted by molar-refractivity contribution is 0.0949. The van der Waals surface area contributed by atoms with Gasteiger partial charge in [0.1, 0.15) is 11.3 Å². The van der Waals surface area contributed by atoms with Crippen molar-refractivity contribution in [3.05, 3.63) is 64.1 Å². The predicted molar refractivity (Wildman–Crippen MR) is 75.8 cm³/mol. The molecule has 0 aliphatic rings. The molecular formula is C15H16N2O3. The molecule has 2 aromatic rings. The molecule has 5 heteroatoms. The maximum Gasteiger partial charge on any atom is 0.260 e. The van der Waals surface area contributed by atoms with E-state index in [0.29, 0.717) is 13.2 Å². The summed E-state index contributed by atoms with van der Waals surface area (Å²) in [6, 6.07) is 10.6. The van der Waals surface area contributed by atoms with Gasteiger partial charge in [0.05, 0.1) is 6.61 Å². The highest BCUT2D eigenvalue weighted by atomic mass is 16.5. The van der Waals surface area contributed by atoms with Crippen molar-refractivity contribution in [1.82, 2.24) is 10.3 Å². The van der Waals surface area contributed by atoms with E-state index < -0.39 is 5.56 Å². The number of hydrogen-bond donors (Lipinski definition) is 2. The summed E-state index contributed by atoms with van der Waals surface area (Å²) < 4.78 is 5.34. The quantitative estimate of drug-likeness (QED) is 0.870. The van der Waals surface area contributed by atoms with Gasteiger partial charge in [0.2, 0.25) is 0 Å². The summed E-state index contributed by atoms with van der Waals surface area (Å²) in [6.07, 6.45) is 1.49. The lowest BCUT2D eigenvalue weighted by Gasteiger charge is -2.06. The van der Waals surface area contributed by atoms with E-state index in [1.807, 2.05) is 31.2 Å². The summed E-state index contributed by atoms with van der Waals surface area (Å²) in [6.45, 7) is 2.90. The van der Waals surface area contributed by atoms with Crippen LogP contribution in [-0.4, -0.2) is 17.5 Å². The Morgan fingerprint density at radius 1 is 1.25 bits per heavy atom. The Hall–Kier alpha value is -2.56. The maximum atomic E-state index is 11.9. The van der Waals surface area contributed by atoms with Crippen molar-refractivity contribution < 1.29 is 9.53 Å². The number of amides is 1. The predicted octanol–water partition coefficient (Wildman–Crippen LogP) is 1.70. The standard InChI is InChI=1S/C15H16N2O3/c1-2-20-12-7-5-11(6-8-12)10-17-15(19)13-4-3-9-16-14(13)18/h3-9H,2,10H2,1H3,(H,16,18)(H,17,19). The van der Waals surface area contributed by atoms with Gasteiger partial charge in [0, 0.05) is 12.7 Å². The third-order valence-electron chi connectivity index (χ3n) is 2.75. The zero-order chi connectivity index (χ0) is 14.4. The van der Waals surface area contributed by atoms with Crippen LogP contribution in [0.15, 0.2) is 47.4 Å². The normalized spacial score (nSPS) is 10.1. The lowest BCUT2D eigenvalue weighted by Crippen LogP contribution is -2.28. The molecule has 1 aromatic heterocycles. The Bertz CT molecular complexity index is 632. The van der Waals surface area contributed by atoms with E-state index in [0.717, 1.165) is 11.3 Å². The summed E-state index contributed by atoms with van der Waals surface area (Å²) in [5, 5.41) is 2.71. The van der Waals surface area contributed by atoms with E-state index in [1.54, 1.807) is 6.07 Å². The first kappa shape index (κ1) is 13.9. The third-order valence-corrected chi connectivity index (χ3v) is 2.75. The van der Waals surface area contributed by atoms with Crippen LogP contribution in [-0.2, 0) is 6.54 Å². The number of aromatic nitrogens is 1. The number of carbonyl (C=O) groups is 1. The number of hydrogen-bond acceptors (Lipinski definition) is 3. The molecule has 5 nitrogen and oxygen atoms in total. The molecule has 0 aliphatic carbocycles. The van der Waals surface area contributed by atoms with Crippen molar-refractivity contribution in [1.29, 1.82) is 0 Å². The number of pyridine rings is 1. The van der Waals surface area contributed by atoms with Crippen molar-refractivity contribution in [3.8, 4) is 5.75 Å². The van der Waals surface area contributed by atoms with Crippen LogP contribution >= 0.6 is 0 Å². The topological polar surface area (TPSA) is 71.2 Å². The van der Waals surface area contributed by atoms with Gasteiger partial charge in [-0.2, -0.15) is 0 Å². The van der Waals surface area contributed by atoms with Crippen LogP contribution in [0.4, 0.5) is 0 Å². The molecule has 0 aliphatic heterocycles. The number of carbonyl (C=O) groups excluding carboxylic acids is 1. The molecule has 1 heterocycles. The molecule has 2 rings (SSSR count). The van der Waals surface area contributed by atoms with Gasteiger partial charge >= 0.3 is 0 Å². The van der Waals surface area contributed by atoms with Crippen molar-refractivity contribution in [2.45, 2.75) is 13.5 Å². The highest BCUT2D eigenvalue weighted by molar-refractivity contribution is 5.93. The maximum absolute atomic E-state index is 11.9. The first-order valence-corrected chi connectivity index (χ1v) is 6.38. The van der Waals surface area contributed by atoms with Crippen LogP contribution in [0.3, 0.4) is 0 Å². The van der Waals surface area contributed by atoms with Crippen LogP contribution in [0.2, 0.25) is 0 Å². The molecule has 1 aromatic carbocycles. The van der Waals surface area contributed by atoms with Crippen molar-refractivity contribution >= 4 is 5.91 Å². The van der Waals surface area contributed by atoms with Gasteiger partial charge in [-0.25, -0.2) is 0 Å². The Labute approximate surface area is 116 Å². The van der Waals surface area contributed by atoms with Crippen LogP contribution in [0, 0.1) is 0 Å². The fourth-order valence-electron chi connectivity index (χ4n) is 1.75. The number of nitrogens with one attached hydrogen (secondary N) is 2. The molecule has 0 fully saturated rings. The highest BCUT2D eigenvalue weighted by Crippen LogP contribution is 2.11. The first-order valence-electron chi connectivity index (χ1n) is 6.38. The summed E-state index contributed by atoms with van der Waals surface area (Å²) in [7, 11) is 0. The molecule has 0 saturated carbocycles. The smallest absolute Gasteiger partial charge is 0.260 e. The minimum Gasteiger partial charge on any atom is -0.494 e. The molecule has 0 spiro atoms. The Morgan fingerprint density at radius 2 is 2.00 bits per heavy atom. The Balaban J connectivity index is 1.97. The Kier molecular flexibility index (Phi) is 4.55. The molecule has 104 valence electrons. The van der Waals surface area contributed by atoms with Crippen LogP contribution in [0.1, 0.15) is 22.8 Å². The number of rotatable bonds is 5. The van der Waals surface area contributed by atoms with Gasteiger partial charge in [-0.15, -0.1) is 0 Å². The van der Waals surface area contributed by atoms with E-state index in [9.17, 15) is 9.59 Å². The third kappa shape index (κ3) is 3.47. The van der Waals surface area contributed by atoms with Crippen LogP contribution in [0.5, 0.6) is 5.75 Å². The zero-order valence-corrected chi connectivity index (χ0v) is 11.2. The van der Waals surface area contributed by atoms with Crippen molar-refractivity contribution in [2.24, 2.45) is 0 Å². The number of aromatic amines is 1. The Morgan fingerprint density at radius 3 is 2.65 bits per heavy atom. The molecule has 0 unspecified atom stereocenters. The molecule has 2 N–H and O–H groups in total. The van der Waals surface area contributed by atoms with Gasteiger partial charge in [-0.05, 0) is 36.8 Å².